The Morgan fingerprint density at radius 1 is 0.786 bits per heavy atom. The quantitative estimate of drug-likeness (QED) is 0.877. The Hall–Kier alpha value is -2.83. The topological polar surface area (TPSA) is 76.7 Å². The van der Waals surface area contributed by atoms with E-state index in [1.165, 1.54) is 0 Å². The molecule has 4 rings (SSSR count). The van der Waals surface area contributed by atoms with Crippen LogP contribution in [0.1, 0.15) is 36.2 Å². The molecule has 2 saturated heterocycles. The Morgan fingerprint density at radius 2 is 1.36 bits per heavy atom. The lowest BCUT2D eigenvalue weighted by Crippen LogP contribution is -2.50. The summed E-state index contributed by atoms with van der Waals surface area (Å²) in [5.74, 6) is 0.0521. The molecule has 0 radical (unpaired) electrons. The molecule has 0 atom stereocenters. The minimum Gasteiger partial charge on any atom is -0.351 e. The van der Waals surface area contributed by atoms with E-state index in [1.54, 1.807) is 9.80 Å². The second kappa shape index (κ2) is 8.04. The van der Waals surface area contributed by atoms with Gasteiger partial charge in [0.25, 0.3) is 5.91 Å². The van der Waals surface area contributed by atoms with Gasteiger partial charge in [-0.25, -0.2) is 0 Å². The Balaban J connectivity index is 1.27. The van der Waals surface area contributed by atoms with Gasteiger partial charge in [0.1, 0.15) is 5.69 Å². The summed E-state index contributed by atoms with van der Waals surface area (Å²) in [6.45, 7) is 3.70. The molecule has 0 spiro atoms. The van der Waals surface area contributed by atoms with Crippen LogP contribution in [-0.4, -0.2) is 76.7 Å². The molecule has 1 aromatic heterocycles. The molecule has 0 saturated carbocycles. The van der Waals surface area contributed by atoms with Crippen LogP contribution >= 0.6 is 0 Å². The average Bonchev–Trinajstić information content (AvgIpc) is 3.41. The van der Waals surface area contributed by atoms with Crippen molar-refractivity contribution in [3.63, 3.8) is 0 Å². The van der Waals surface area contributed by atoms with Crippen LogP contribution in [-0.2, 0) is 9.59 Å². The Morgan fingerprint density at radius 3 is 2.00 bits per heavy atom. The number of benzene rings is 1. The van der Waals surface area contributed by atoms with Crippen molar-refractivity contribution < 1.29 is 14.4 Å². The zero-order chi connectivity index (χ0) is 19.5. The molecule has 2 aliphatic heterocycles. The van der Waals surface area contributed by atoms with Gasteiger partial charge in [-0.05, 0) is 25.0 Å². The number of nitrogens with zero attached hydrogens (tertiary/aromatic N) is 3. The molecule has 2 aliphatic rings. The van der Waals surface area contributed by atoms with E-state index in [1.807, 2.05) is 35.2 Å². The molecular weight excluding hydrogens is 356 g/mol. The number of para-hydroxylation sites is 1. The molecule has 0 unspecified atom stereocenters. The van der Waals surface area contributed by atoms with Crippen LogP contribution in [0.4, 0.5) is 0 Å². The fraction of sp³-hybridized carbons (Fsp3) is 0.476. The van der Waals surface area contributed by atoms with Gasteiger partial charge in [-0.1, -0.05) is 18.2 Å². The van der Waals surface area contributed by atoms with E-state index in [4.69, 9.17) is 0 Å². The van der Waals surface area contributed by atoms with Crippen molar-refractivity contribution in [1.82, 2.24) is 19.7 Å². The van der Waals surface area contributed by atoms with E-state index in [2.05, 4.69) is 4.98 Å². The highest BCUT2D eigenvalue weighted by Gasteiger charge is 2.26. The lowest BCUT2D eigenvalue weighted by atomic mass is 10.2. The number of nitrogens with one attached hydrogen (secondary N) is 1. The minimum atomic E-state index is -0.0347. The van der Waals surface area contributed by atoms with E-state index in [0.29, 0.717) is 31.9 Å². The van der Waals surface area contributed by atoms with Crippen LogP contribution in [0.2, 0.25) is 0 Å². The van der Waals surface area contributed by atoms with Gasteiger partial charge in [-0.2, -0.15) is 0 Å². The van der Waals surface area contributed by atoms with Crippen molar-refractivity contribution in [3.8, 4) is 0 Å². The van der Waals surface area contributed by atoms with Gasteiger partial charge >= 0.3 is 0 Å². The molecule has 2 aromatic rings. The van der Waals surface area contributed by atoms with Crippen molar-refractivity contribution in [1.29, 1.82) is 0 Å². The number of likely N-dealkylation sites (tertiary alicyclic amines) is 1. The standard InChI is InChI=1S/C21H26N4O3/c26-19(23-9-3-4-10-23)7-8-20(27)24-11-13-25(14-12-24)21(28)18-15-16-5-1-2-6-17(16)22-18/h1-2,5-6,15,22H,3-4,7-14H2. The molecule has 3 heterocycles. The minimum absolute atomic E-state index is 0.00487. The van der Waals surface area contributed by atoms with Crippen LogP contribution in [0, 0.1) is 0 Å². The second-order valence-electron chi connectivity index (χ2n) is 7.53. The highest BCUT2D eigenvalue weighted by atomic mass is 16.2. The van der Waals surface area contributed by atoms with Crippen molar-refractivity contribution in [2.24, 2.45) is 0 Å². The van der Waals surface area contributed by atoms with Crippen molar-refractivity contribution in [3.05, 3.63) is 36.0 Å². The Labute approximate surface area is 164 Å². The number of rotatable bonds is 4. The summed E-state index contributed by atoms with van der Waals surface area (Å²) in [6.07, 6.45) is 2.66. The second-order valence-corrected chi connectivity index (χ2v) is 7.53. The number of carbonyl (C=O) groups is 3. The Kier molecular flexibility index (Phi) is 5.32. The summed E-state index contributed by atoms with van der Waals surface area (Å²) in [5.41, 5.74) is 1.53. The lowest BCUT2D eigenvalue weighted by molar-refractivity contribution is -0.137. The number of H-pyrrole nitrogens is 1. The maximum absolute atomic E-state index is 12.7. The molecule has 28 heavy (non-hydrogen) atoms. The van der Waals surface area contributed by atoms with Gasteiger partial charge in [-0.3, -0.25) is 14.4 Å². The highest BCUT2D eigenvalue weighted by Crippen LogP contribution is 2.17. The zero-order valence-corrected chi connectivity index (χ0v) is 16.0. The van der Waals surface area contributed by atoms with Crippen molar-refractivity contribution in [2.45, 2.75) is 25.7 Å². The zero-order valence-electron chi connectivity index (χ0n) is 16.0. The predicted octanol–water partition coefficient (Wildman–Crippen LogP) is 1.85. The largest absolute Gasteiger partial charge is 0.351 e. The third kappa shape index (κ3) is 3.88. The number of aromatic amines is 1. The molecule has 2 fully saturated rings. The maximum atomic E-state index is 12.7. The smallest absolute Gasteiger partial charge is 0.270 e. The number of amides is 3. The summed E-state index contributed by atoms with van der Waals surface area (Å²) in [4.78, 5) is 45.9. The van der Waals surface area contributed by atoms with E-state index in [-0.39, 0.29) is 30.6 Å². The number of hydrogen-bond donors (Lipinski definition) is 1. The van der Waals surface area contributed by atoms with Crippen molar-refractivity contribution >= 4 is 28.6 Å². The summed E-state index contributed by atoms with van der Waals surface area (Å²) in [7, 11) is 0. The number of piperazine rings is 1. The monoisotopic (exact) mass is 382 g/mol. The number of aromatic nitrogens is 1. The SMILES string of the molecule is O=C(CCC(=O)N1CCN(C(=O)c2cc3ccccc3[nH]2)CC1)N1CCCC1. The first-order valence-electron chi connectivity index (χ1n) is 10.0. The van der Waals surface area contributed by atoms with E-state index >= 15 is 0 Å². The first-order valence-corrected chi connectivity index (χ1v) is 10.0. The van der Waals surface area contributed by atoms with Gasteiger partial charge in [0, 0.05) is 63.0 Å². The van der Waals surface area contributed by atoms with E-state index < -0.39 is 0 Å². The van der Waals surface area contributed by atoms with Crippen molar-refractivity contribution in [2.75, 3.05) is 39.3 Å². The molecule has 1 N–H and O–H groups in total. The number of fused-ring (bicyclic) bond motifs is 1. The van der Waals surface area contributed by atoms with Gasteiger partial charge in [-0.15, -0.1) is 0 Å². The normalized spacial score (nSPS) is 17.4. The molecule has 148 valence electrons. The van der Waals surface area contributed by atoms with Crippen LogP contribution in [0.3, 0.4) is 0 Å². The summed E-state index contributed by atoms with van der Waals surface area (Å²) in [6, 6.07) is 9.68. The van der Waals surface area contributed by atoms with Gasteiger partial charge in [0.05, 0.1) is 0 Å². The average molecular weight is 382 g/mol. The van der Waals surface area contributed by atoms with Crippen LogP contribution in [0.5, 0.6) is 0 Å². The Bertz CT molecular complexity index is 844. The number of carbonyl (C=O) groups excluding carboxylic acids is 3. The fourth-order valence-electron chi connectivity index (χ4n) is 4.01. The molecule has 0 aliphatic carbocycles. The molecular formula is C21H26N4O3. The molecule has 3 amide bonds. The molecule has 1 aromatic carbocycles. The molecule has 7 heteroatoms. The number of hydrogen-bond acceptors (Lipinski definition) is 3. The van der Waals surface area contributed by atoms with Crippen LogP contribution in [0.25, 0.3) is 10.9 Å². The lowest BCUT2D eigenvalue weighted by Gasteiger charge is -2.34. The van der Waals surface area contributed by atoms with Gasteiger partial charge in [0.2, 0.25) is 11.8 Å². The molecule has 0 bridgehead atoms. The van der Waals surface area contributed by atoms with Crippen LogP contribution < -0.4 is 0 Å². The maximum Gasteiger partial charge on any atom is 0.270 e. The third-order valence-corrected chi connectivity index (χ3v) is 5.69. The van der Waals surface area contributed by atoms with Gasteiger partial charge < -0.3 is 19.7 Å². The van der Waals surface area contributed by atoms with E-state index in [0.717, 1.165) is 36.8 Å². The van der Waals surface area contributed by atoms with Crippen LogP contribution in [0.15, 0.2) is 30.3 Å². The fourth-order valence-corrected chi connectivity index (χ4v) is 4.01. The summed E-state index contributed by atoms with van der Waals surface area (Å²) >= 11 is 0. The van der Waals surface area contributed by atoms with E-state index in [9.17, 15) is 14.4 Å². The predicted molar refractivity (Wildman–Crippen MR) is 106 cm³/mol. The summed E-state index contributed by atoms with van der Waals surface area (Å²) < 4.78 is 0. The summed E-state index contributed by atoms with van der Waals surface area (Å²) in [5, 5.41) is 1.02. The molecule has 7 nitrogen and oxygen atoms in total. The first-order chi connectivity index (χ1) is 13.6. The third-order valence-electron chi connectivity index (χ3n) is 5.69. The first kappa shape index (κ1) is 18.5. The van der Waals surface area contributed by atoms with Gasteiger partial charge in [0.15, 0.2) is 0 Å². The highest BCUT2D eigenvalue weighted by molar-refractivity contribution is 5.98.